The summed E-state index contributed by atoms with van der Waals surface area (Å²) in [6, 6.07) is 37.9. The SMILES string of the molecule is CCN(CC)c1ccc2c(c1)OC(=Nc1cccc3ccccc13)OC2(c1ccc(N(C)C)cc1)c1ccc(N(C)C)cc1. The quantitative estimate of drug-likeness (QED) is 0.184. The average Bonchev–Trinajstić information content (AvgIpc) is 3.05. The molecule has 6 rings (SSSR count). The molecule has 0 fully saturated rings. The van der Waals surface area contributed by atoms with E-state index in [9.17, 15) is 0 Å². The van der Waals surface area contributed by atoms with Gasteiger partial charge in [-0.2, -0.15) is 4.99 Å². The Morgan fingerprint density at radius 2 is 1.20 bits per heavy atom. The Bertz CT molecular complexity index is 1730. The molecule has 0 spiro atoms. The number of aliphatic imine (C=N–C) groups is 1. The van der Waals surface area contributed by atoms with Gasteiger partial charge in [-0.05, 0) is 61.7 Å². The summed E-state index contributed by atoms with van der Waals surface area (Å²) in [5.74, 6) is 0.730. The van der Waals surface area contributed by atoms with E-state index in [0.717, 1.165) is 69.1 Å². The first-order valence-electron chi connectivity index (χ1n) is 15.2. The lowest BCUT2D eigenvalue weighted by Crippen LogP contribution is -2.41. The maximum atomic E-state index is 7.07. The van der Waals surface area contributed by atoms with Crippen molar-refractivity contribution in [1.82, 2.24) is 0 Å². The van der Waals surface area contributed by atoms with Crippen molar-refractivity contribution in [3.05, 3.63) is 126 Å². The number of hydrogen-bond donors (Lipinski definition) is 0. The summed E-state index contributed by atoms with van der Waals surface area (Å²) in [5.41, 5.74) is 6.02. The predicted octanol–water partition coefficient (Wildman–Crippen LogP) is 8.21. The molecule has 1 heterocycles. The lowest BCUT2D eigenvalue weighted by atomic mass is 9.79. The Hall–Kier alpha value is -4.97. The third kappa shape index (κ3) is 5.21. The molecular weight excluding hydrogens is 544 g/mol. The highest BCUT2D eigenvalue weighted by Crippen LogP contribution is 2.49. The molecule has 1 aliphatic heterocycles. The normalized spacial score (nSPS) is 14.5. The van der Waals surface area contributed by atoms with Gasteiger partial charge in [0.1, 0.15) is 5.75 Å². The second kappa shape index (κ2) is 12.0. The molecule has 0 N–H and O–H groups in total. The van der Waals surface area contributed by atoms with Gasteiger partial charge in [0.25, 0.3) is 0 Å². The van der Waals surface area contributed by atoms with Crippen LogP contribution in [0.3, 0.4) is 0 Å². The van der Waals surface area contributed by atoms with Crippen molar-refractivity contribution in [2.24, 2.45) is 4.99 Å². The zero-order valence-corrected chi connectivity index (χ0v) is 26.4. The first-order chi connectivity index (χ1) is 21.3. The molecule has 0 saturated heterocycles. The molecule has 6 heteroatoms. The van der Waals surface area contributed by atoms with E-state index in [4.69, 9.17) is 14.5 Å². The standard InChI is InChI=1S/C38H40N4O2/c1-7-42(8-2)32-24-25-34-36(26-32)43-37(39-35-15-11-13-27-12-9-10-14-33(27)35)44-38(34,28-16-20-30(21-17-28)40(3)4)29-18-22-31(23-19-29)41(5)6/h9-26H,7-8H2,1-6H3. The molecule has 6 nitrogen and oxygen atoms in total. The van der Waals surface area contributed by atoms with Gasteiger partial charge in [0, 0.05) is 86.5 Å². The second-order valence-corrected chi connectivity index (χ2v) is 11.5. The van der Waals surface area contributed by atoms with Crippen molar-refractivity contribution in [1.29, 1.82) is 0 Å². The Kier molecular flexibility index (Phi) is 7.92. The van der Waals surface area contributed by atoms with E-state index in [1.54, 1.807) is 0 Å². The van der Waals surface area contributed by atoms with E-state index in [0.29, 0.717) is 0 Å². The van der Waals surface area contributed by atoms with Gasteiger partial charge in [-0.3, -0.25) is 0 Å². The Labute approximate surface area is 260 Å². The first kappa shape index (κ1) is 29.1. The minimum Gasteiger partial charge on any atom is -0.429 e. The summed E-state index contributed by atoms with van der Waals surface area (Å²) >= 11 is 0. The van der Waals surface area contributed by atoms with Gasteiger partial charge in [-0.1, -0.05) is 60.7 Å². The Morgan fingerprint density at radius 1 is 0.636 bits per heavy atom. The third-order valence-electron chi connectivity index (χ3n) is 8.47. The molecule has 0 radical (unpaired) electrons. The zero-order chi connectivity index (χ0) is 30.8. The van der Waals surface area contributed by atoms with E-state index in [2.05, 4.69) is 142 Å². The number of nitrogens with zero attached hydrogens (tertiary/aromatic N) is 4. The smallest absolute Gasteiger partial charge is 0.396 e. The second-order valence-electron chi connectivity index (χ2n) is 11.5. The number of rotatable bonds is 8. The Balaban J connectivity index is 1.62. The van der Waals surface area contributed by atoms with E-state index in [1.165, 1.54) is 0 Å². The fourth-order valence-electron chi connectivity index (χ4n) is 6.01. The highest BCUT2D eigenvalue weighted by Gasteiger charge is 2.46. The maximum Gasteiger partial charge on any atom is 0.396 e. The summed E-state index contributed by atoms with van der Waals surface area (Å²) in [6.07, 6.45) is 0.207. The number of hydrogen-bond acceptors (Lipinski definition) is 6. The van der Waals surface area contributed by atoms with E-state index < -0.39 is 5.60 Å². The van der Waals surface area contributed by atoms with Crippen LogP contribution < -0.4 is 19.4 Å². The zero-order valence-electron chi connectivity index (χ0n) is 26.4. The molecule has 44 heavy (non-hydrogen) atoms. The lowest BCUT2D eigenvalue weighted by Gasteiger charge is -2.40. The van der Waals surface area contributed by atoms with Crippen LogP contribution >= 0.6 is 0 Å². The topological polar surface area (TPSA) is 40.5 Å². The lowest BCUT2D eigenvalue weighted by molar-refractivity contribution is 0.0831. The molecule has 0 aromatic heterocycles. The molecule has 5 aromatic rings. The molecule has 0 bridgehead atoms. The van der Waals surface area contributed by atoms with Crippen molar-refractivity contribution in [3.63, 3.8) is 0 Å². The molecule has 0 saturated carbocycles. The minimum atomic E-state index is -1.01. The molecule has 5 aromatic carbocycles. The highest BCUT2D eigenvalue weighted by molar-refractivity contribution is 5.95. The number of ether oxygens (including phenoxy) is 2. The maximum absolute atomic E-state index is 7.07. The highest BCUT2D eigenvalue weighted by atomic mass is 16.7. The average molecular weight is 585 g/mol. The molecule has 0 atom stereocenters. The summed E-state index contributed by atoms with van der Waals surface area (Å²) < 4.78 is 13.6. The summed E-state index contributed by atoms with van der Waals surface area (Å²) in [4.78, 5) is 11.6. The van der Waals surface area contributed by atoms with Crippen molar-refractivity contribution in [3.8, 4) is 5.75 Å². The van der Waals surface area contributed by atoms with Gasteiger partial charge >= 0.3 is 6.08 Å². The van der Waals surface area contributed by atoms with Crippen LogP contribution in [-0.4, -0.2) is 47.4 Å². The van der Waals surface area contributed by atoms with E-state index in [-0.39, 0.29) is 6.08 Å². The molecule has 224 valence electrons. The van der Waals surface area contributed by atoms with Crippen LogP contribution in [0.2, 0.25) is 0 Å². The number of anilines is 3. The fraction of sp³-hybridized carbons (Fsp3) is 0.237. The van der Waals surface area contributed by atoms with Crippen LogP contribution in [0.1, 0.15) is 30.5 Å². The molecule has 0 amide bonds. The van der Waals surface area contributed by atoms with Crippen LogP contribution in [-0.2, 0) is 10.3 Å². The monoisotopic (exact) mass is 584 g/mol. The summed E-state index contributed by atoms with van der Waals surface area (Å²) in [7, 11) is 8.20. The van der Waals surface area contributed by atoms with Crippen LogP contribution in [0, 0.1) is 0 Å². The predicted molar refractivity (Wildman–Crippen MR) is 184 cm³/mol. The van der Waals surface area contributed by atoms with Crippen molar-refractivity contribution in [2.75, 3.05) is 56.0 Å². The van der Waals surface area contributed by atoms with Gasteiger partial charge in [0.2, 0.25) is 0 Å². The van der Waals surface area contributed by atoms with Crippen LogP contribution in [0.15, 0.2) is 114 Å². The molecule has 0 aliphatic carbocycles. The van der Waals surface area contributed by atoms with E-state index >= 15 is 0 Å². The van der Waals surface area contributed by atoms with Gasteiger partial charge < -0.3 is 24.2 Å². The number of fused-ring (bicyclic) bond motifs is 2. The van der Waals surface area contributed by atoms with E-state index in [1.807, 2.05) is 24.3 Å². The van der Waals surface area contributed by atoms with Crippen LogP contribution in [0.4, 0.5) is 22.7 Å². The molecule has 0 unspecified atom stereocenters. The van der Waals surface area contributed by atoms with Crippen LogP contribution in [0.5, 0.6) is 5.75 Å². The van der Waals surface area contributed by atoms with Gasteiger partial charge in [-0.15, -0.1) is 0 Å². The third-order valence-corrected chi connectivity index (χ3v) is 8.47. The first-order valence-corrected chi connectivity index (χ1v) is 15.2. The Morgan fingerprint density at radius 3 is 1.80 bits per heavy atom. The van der Waals surface area contributed by atoms with Crippen molar-refractivity contribution in [2.45, 2.75) is 19.4 Å². The molecular formula is C38H40N4O2. The van der Waals surface area contributed by atoms with Gasteiger partial charge in [-0.25, -0.2) is 0 Å². The van der Waals surface area contributed by atoms with Crippen molar-refractivity contribution < 1.29 is 9.47 Å². The number of benzene rings is 5. The van der Waals surface area contributed by atoms with Crippen LogP contribution in [0.25, 0.3) is 10.8 Å². The minimum absolute atomic E-state index is 0.207. The van der Waals surface area contributed by atoms with Crippen molar-refractivity contribution >= 4 is 39.6 Å². The largest absolute Gasteiger partial charge is 0.429 e. The molecule has 1 aliphatic rings. The van der Waals surface area contributed by atoms with Gasteiger partial charge in [0.05, 0.1) is 5.69 Å². The summed E-state index contributed by atoms with van der Waals surface area (Å²) in [5, 5.41) is 2.15. The fourth-order valence-corrected chi connectivity index (χ4v) is 6.01. The van der Waals surface area contributed by atoms with Gasteiger partial charge in [0.15, 0.2) is 5.60 Å². The summed E-state index contributed by atoms with van der Waals surface area (Å²) in [6.45, 7) is 6.13.